The molecule has 0 aliphatic rings. The molecule has 0 fully saturated rings. The van der Waals surface area contributed by atoms with Gasteiger partial charge in [-0.25, -0.2) is 0 Å². The van der Waals surface area contributed by atoms with Crippen molar-refractivity contribution in [2.45, 2.75) is 6.92 Å². The van der Waals surface area contributed by atoms with Crippen molar-refractivity contribution in [1.29, 1.82) is 0 Å². The number of benzene rings is 1. The maximum absolute atomic E-state index is 5.84. The Kier molecular flexibility index (Phi) is 2.02. The van der Waals surface area contributed by atoms with Crippen molar-refractivity contribution in [1.82, 2.24) is 14.8 Å². The topological polar surface area (TPSA) is 30.7 Å². The number of halogens is 1. The van der Waals surface area contributed by atoms with Gasteiger partial charge in [-0.1, -0.05) is 18.2 Å². The summed E-state index contributed by atoms with van der Waals surface area (Å²) in [6.07, 6.45) is 1.60. The van der Waals surface area contributed by atoms with Crippen molar-refractivity contribution in [2.24, 2.45) is 0 Å². The molecular formula is C9H8ClN3. The summed E-state index contributed by atoms with van der Waals surface area (Å²) in [6, 6.07) is 7.94. The van der Waals surface area contributed by atoms with Gasteiger partial charge in [0.1, 0.15) is 6.33 Å². The third-order valence-corrected chi connectivity index (χ3v) is 2.14. The Morgan fingerprint density at radius 1 is 1.31 bits per heavy atom. The molecule has 0 atom stereocenters. The molecule has 0 saturated heterocycles. The van der Waals surface area contributed by atoms with Crippen LogP contribution in [0.1, 0.15) is 5.56 Å². The monoisotopic (exact) mass is 193 g/mol. The van der Waals surface area contributed by atoms with Crippen molar-refractivity contribution < 1.29 is 0 Å². The van der Waals surface area contributed by atoms with E-state index in [1.807, 2.05) is 31.2 Å². The van der Waals surface area contributed by atoms with Gasteiger partial charge in [-0.05, 0) is 30.2 Å². The summed E-state index contributed by atoms with van der Waals surface area (Å²) in [4.78, 5) is 0. The van der Waals surface area contributed by atoms with Crippen LogP contribution in [0.4, 0.5) is 0 Å². The summed E-state index contributed by atoms with van der Waals surface area (Å²) in [6.45, 7) is 2.02. The summed E-state index contributed by atoms with van der Waals surface area (Å²) in [5.74, 6) is 0. The molecule has 0 bridgehead atoms. The Bertz CT molecular complexity index is 422. The van der Waals surface area contributed by atoms with Crippen LogP contribution < -0.4 is 0 Å². The third-order valence-electron chi connectivity index (χ3n) is 1.88. The van der Waals surface area contributed by atoms with E-state index in [9.17, 15) is 0 Å². The molecule has 2 aromatic rings. The van der Waals surface area contributed by atoms with Crippen molar-refractivity contribution in [3.05, 3.63) is 41.4 Å². The molecule has 3 nitrogen and oxygen atoms in total. The molecule has 0 unspecified atom stereocenters. The van der Waals surface area contributed by atoms with E-state index in [0.717, 1.165) is 11.3 Å². The first-order chi connectivity index (χ1) is 6.29. The molecule has 1 heterocycles. The molecule has 0 N–H and O–H groups in total. The van der Waals surface area contributed by atoms with Gasteiger partial charge in [-0.2, -0.15) is 0 Å². The molecule has 1 aromatic carbocycles. The third kappa shape index (κ3) is 1.42. The van der Waals surface area contributed by atoms with Gasteiger partial charge in [0.05, 0.1) is 5.69 Å². The zero-order valence-electron chi connectivity index (χ0n) is 7.11. The Hall–Kier alpha value is -1.35. The average Bonchev–Trinajstić information content (AvgIpc) is 2.52. The average molecular weight is 194 g/mol. The van der Waals surface area contributed by atoms with E-state index >= 15 is 0 Å². The van der Waals surface area contributed by atoms with Crippen molar-refractivity contribution in [3.8, 4) is 5.69 Å². The fourth-order valence-electron chi connectivity index (χ4n) is 1.22. The maximum Gasteiger partial charge on any atom is 0.229 e. The minimum atomic E-state index is 0.384. The maximum atomic E-state index is 5.84. The standard InChI is InChI=1S/C9H8ClN3/c1-7-4-2-3-5-8(7)13-6-11-12-9(13)10/h2-6H,1H3. The summed E-state index contributed by atoms with van der Waals surface area (Å²) in [7, 11) is 0. The predicted octanol–water partition coefficient (Wildman–Crippen LogP) is 2.23. The number of hydrogen-bond acceptors (Lipinski definition) is 2. The van der Waals surface area contributed by atoms with E-state index in [1.54, 1.807) is 10.9 Å². The first-order valence-corrected chi connectivity index (χ1v) is 4.28. The summed E-state index contributed by atoms with van der Waals surface area (Å²) < 4.78 is 1.75. The summed E-state index contributed by atoms with van der Waals surface area (Å²) in [5, 5.41) is 7.82. The molecule has 2 rings (SSSR count). The Morgan fingerprint density at radius 2 is 2.08 bits per heavy atom. The first-order valence-electron chi connectivity index (χ1n) is 3.90. The van der Waals surface area contributed by atoms with Gasteiger partial charge < -0.3 is 0 Å². The van der Waals surface area contributed by atoms with Gasteiger partial charge in [0.25, 0.3) is 0 Å². The zero-order valence-corrected chi connectivity index (χ0v) is 7.86. The van der Waals surface area contributed by atoms with Gasteiger partial charge in [0.2, 0.25) is 5.28 Å². The van der Waals surface area contributed by atoms with Crippen molar-refractivity contribution in [2.75, 3.05) is 0 Å². The number of para-hydroxylation sites is 1. The lowest BCUT2D eigenvalue weighted by Crippen LogP contribution is -1.94. The van der Waals surface area contributed by atoms with E-state index in [1.165, 1.54) is 0 Å². The molecule has 66 valence electrons. The highest BCUT2D eigenvalue weighted by atomic mass is 35.5. The number of aromatic nitrogens is 3. The van der Waals surface area contributed by atoms with Crippen LogP contribution in [0.5, 0.6) is 0 Å². The molecule has 0 spiro atoms. The lowest BCUT2D eigenvalue weighted by molar-refractivity contribution is 1.04. The SMILES string of the molecule is Cc1ccccc1-n1cnnc1Cl. The van der Waals surface area contributed by atoms with Gasteiger partial charge >= 0.3 is 0 Å². The van der Waals surface area contributed by atoms with Gasteiger partial charge in [-0.3, -0.25) is 4.57 Å². The van der Waals surface area contributed by atoms with Crippen molar-refractivity contribution >= 4 is 11.6 Å². The summed E-state index contributed by atoms with van der Waals surface area (Å²) >= 11 is 5.84. The molecule has 1 aromatic heterocycles. The second kappa shape index (κ2) is 3.18. The number of nitrogens with zero attached hydrogens (tertiary/aromatic N) is 3. The van der Waals surface area contributed by atoms with Gasteiger partial charge in [0, 0.05) is 0 Å². The van der Waals surface area contributed by atoms with Crippen LogP contribution >= 0.6 is 11.6 Å². The minimum absolute atomic E-state index is 0.384. The van der Waals surface area contributed by atoms with Crippen molar-refractivity contribution in [3.63, 3.8) is 0 Å². The number of aryl methyl sites for hydroxylation is 1. The van der Waals surface area contributed by atoms with Crippen LogP contribution in [-0.4, -0.2) is 14.8 Å². The quantitative estimate of drug-likeness (QED) is 0.696. The van der Waals surface area contributed by atoms with E-state index in [2.05, 4.69) is 10.2 Å². The number of rotatable bonds is 1. The highest BCUT2D eigenvalue weighted by Crippen LogP contribution is 2.16. The fourth-order valence-corrected chi connectivity index (χ4v) is 1.39. The van der Waals surface area contributed by atoms with Crippen LogP contribution in [0.2, 0.25) is 5.28 Å². The molecule has 0 aliphatic heterocycles. The fraction of sp³-hybridized carbons (Fsp3) is 0.111. The van der Waals surface area contributed by atoms with E-state index in [0.29, 0.717) is 5.28 Å². The highest BCUT2D eigenvalue weighted by molar-refractivity contribution is 6.28. The predicted molar refractivity (Wildman–Crippen MR) is 51.1 cm³/mol. The minimum Gasteiger partial charge on any atom is -0.272 e. The van der Waals surface area contributed by atoms with Crippen LogP contribution in [0.25, 0.3) is 5.69 Å². The molecular weight excluding hydrogens is 186 g/mol. The molecule has 4 heteroatoms. The lowest BCUT2D eigenvalue weighted by Gasteiger charge is -2.05. The molecule has 0 radical (unpaired) electrons. The van der Waals surface area contributed by atoms with Crippen LogP contribution in [0.15, 0.2) is 30.6 Å². The largest absolute Gasteiger partial charge is 0.272 e. The Labute approximate surface area is 81.0 Å². The van der Waals surface area contributed by atoms with E-state index in [-0.39, 0.29) is 0 Å². The highest BCUT2D eigenvalue weighted by Gasteiger charge is 2.04. The Balaban J connectivity index is 2.59. The van der Waals surface area contributed by atoms with Gasteiger partial charge in [-0.15, -0.1) is 10.2 Å². The zero-order chi connectivity index (χ0) is 9.26. The van der Waals surface area contributed by atoms with Crippen LogP contribution in [0, 0.1) is 6.92 Å². The van der Waals surface area contributed by atoms with Gasteiger partial charge in [0.15, 0.2) is 0 Å². The van der Waals surface area contributed by atoms with E-state index in [4.69, 9.17) is 11.6 Å². The summed E-state index contributed by atoms with van der Waals surface area (Å²) in [5.41, 5.74) is 2.15. The lowest BCUT2D eigenvalue weighted by atomic mass is 10.2. The smallest absolute Gasteiger partial charge is 0.229 e. The Morgan fingerprint density at radius 3 is 2.69 bits per heavy atom. The molecule has 0 aliphatic carbocycles. The first kappa shape index (κ1) is 8.26. The second-order valence-corrected chi connectivity index (χ2v) is 3.09. The molecule has 0 amide bonds. The van der Waals surface area contributed by atoms with Crippen LogP contribution in [0.3, 0.4) is 0 Å². The molecule has 13 heavy (non-hydrogen) atoms. The second-order valence-electron chi connectivity index (χ2n) is 2.76. The van der Waals surface area contributed by atoms with Crippen LogP contribution in [-0.2, 0) is 0 Å². The normalized spacial score (nSPS) is 10.3. The number of hydrogen-bond donors (Lipinski definition) is 0. The molecule has 0 saturated carbocycles. The van der Waals surface area contributed by atoms with E-state index < -0.39 is 0 Å².